The molecule has 0 atom stereocenters. The molecule has 4 aromatic rings. The van der Waals surface area contributed by atoms with E-state index in [0.717, 1.165) is 16.0 Å². The lowest BCUT2D eigenvalue weighted by molar-refractivity contribution is 0.0901. The van der Waals surface area contributed by atoms with Crippen molar-refractivity contribution in [1.29, 1.82) is 0 Å². The van der Waals surface area contributed by atoms with Gasteiger partial charge in [-0.25, -0.2) is 0 Å². The number of nitrogens with zero attached hydrogens (tertiary/aromatic N) is 4. The van der Waals surface area contributed by atoms with Crippen LogP contribution in [0, 0.1) is 0 Å². The van der Waals surface area contributed by atoms with E-state index in [2.05, 4.69) is 20.4 Å². The maximum absolute atomic E-state index is 13.1. The van der Waals surface area contributed by atoms with Crippen LogP contribution >= 0.6 is 11.3 Å². The van der Waals surface area contributed by atoms with Gasteiger partial charge in [-0.2, -0.15) is 9.67 Å². The van der Waals surface area contributed by atoms with Crippen molar-refractivity contribution in [1.82, 2.24) is 19.7 Å². The summed E-state index contributed by atoms with van der Waals surface area (Å²) in [5, 5.41) is 9.69. The highest BCUT2D eigenvalue weighted by atomic mass is 32.1. The van der Waals surface area contributed by atoms with E-state index >= 15 is 0 Å². The molecule has 8 nitrogen and oxygen atoms in total. The highest BCUT2D eigenvalue weighted by Crippen LogP contribution is 2.28. The Bertz CT molecular complexity index is 1160. The average molecular weight is 436 g/mol. The molecule has 9 heteroatoms. The quantitative estimate of drug-likeness (QED) is 0.449. The molecule has 4 rings (SSSR count). The van der Waals surface area contributed by atoms with Gasteiger partial charge in [0.1, 0.15) is 0 Å². The van der Waals surface area contributed by atoms with Crippen LogP contribution in [0.25, 0.3) is 11.4 Å². The molecule has 1 aromatic carbocycles. The summed E-state index contributed by atoms with van der Waals surface area (Å²) in [5.41, 5.74) is 1.52. The SMILES string of the molecule is COc1ccc(CC(=O)n2nc(-c3cccnc3)nc2NCc2cccs2)cc1OC. The summed E-state index contributed by atoms with van der Waals surface area (Å²) < 4.78 is 11.9. The zero-order valence-electron chi connectivity index (χ0n) is 17.1. The van der Waals surface area contributed by atoms with E-state index < -0.39 is 0 Å². The van der Waals surface area contributed by atoms with E-state index in [1.165, 1.54) is 4.68 Å². The molecule has 0 amide bonds. The lowest BCUT2D eigenvalue weighted by Crippen LogP contribution is -2.18. The maximum atomic E-state index is 13.1. The highest BCUT2D eigenvalue weighted by molar-refractivity contribution is 7.09. The van der Waals surface area contributed by atoms with Crippen molar-refractivity contribution in [2.75, 3.05) is 19.5 Å². The normalized spacial score (nSPS) is 10.6. The van der Waals surface area contributed by atoms with Crippen LogP contribution in [-0.2, 0) is 13.0 Å². The second kappa shape index (κ2) is 9.40. The zero-order chi connectivity index (χ0) is 21.6. The van der Waals surface area contributed by atoms with Crippen molar-refractivity contribution >= 4 is 23.2 Å². The van der Waals surface area contributed by atoms with Gasteiger partial charge in [0.25, 0.3) is 5.91 Å². The molecule has 0 aliphatic rings. The lowest BCUT2D eigenvalue weighted by Gasteiger charge is -2.10. The fraction of sp³-hybridized carbons (Fsp3) is 0.182. The minimum Gasteiger partial charge on any atom is -0.493 e. The van der Waals surface area contributed by atoms with Crippen molar-refractivity contribution in [3.05, 3.63) is 70.7 Å². The third-order valence-electron chi connectivity index (χ3n) is 4.57. The van der Waals surface area contributed by atoms with E-state index in [9.17, 15) is 4.79 Å². The number of aromatic nitrogens is 4. The standard InChI is InChI=1S/C22H21N5O3S/c1-29-18-8-7-15(11-19(18)30-2)12-20(28)27-22(24-14-17-6-4-10-31-17)25-21(26-27)16-5-3-9-23-13-16/h3-11,13H,12,14H2,1-2H3,(H,24,25,26). The second-order valence-electron chi connectivity index (χ2n) is 6.61. The van der Waals surface area contributed by atoms with E-state index in [0.29, 0.717) is 29.8 Å². The molecular formula is C22H21N5O3S. The van der Waals surface area contributed by atoms with Gasteiger partial charge in [-0.1, -0.05) is 12.1 Å². The van der Waals surface area contributed by atoms with Crippen LogP contribution in [0.5, 0.6) is 11.5 Å². The van der Waals surface area contributed by atoms with E-state index in [-0.39, 0.29) is 12.3 Å². The van der Waals surface area contributed by atoms with Gasteiger partial charge >= 0.3 is 0 Å². The number of rotatable bonds is 8. The molecule has 0 radical (unpaired) electrons. The van der Waals surface area contributed by atoms with E-state index in [1.54, 1.807) is 56.1 Å². The summed E-state index contributed by atoms with van der Waals surface area (Å²) >= 11 is 1.63. The van der Waals surface area contributed by atoms with Crippen LogP contribution in [0.1, 0.15) is 15.2 Å². The second-order valence-corrected chi connectivity index (χ2v) is 7.64. The number of hydrogen-bond donors (Lipinski definition) is 1. The predicted octanol–water partition coefficient (Wildman–Crippen LogP) is 3.91. The van der Waals surface area contributed by atoms with Crippen LogP contribution in [0.2, 0.25) is 0 Å². The topological polar surface area (TPSA) is 91.2 Å². The van der Waals surface area contributed by atoms with Crippen molar-refractivity contribution in [2.24, 2.45) is 0 Å². The number of thiophene rings is 1. The average Bonchev–Trinajstić information content (AvgIpc) is 3.48. The van der Waals surface area contributed by atoms with E-state index in [1.807, 2.05) is 29.6 Å². The number of methoxy groups -OCH3 is 2. The van der Waals surface area contributed by atoms with Crippen LogP contribution < -0.4 is 14.8 Å². The van der Waals surface area contributed by atoms with Crippen molar-refractivity contribution < 1.29 is 14.3 Å². The molecule has 0 aliphatic carbocycles. The summed E-state index contributed by atoms with van der Waals surface area (Å²) in [5.74, 6) is 1.78. The number of nitrogens with one attached hydrogen (secondary N) is 1. The number of pyridine rings is 1. The van der Waals surface area contributed by atoms with Crippen LogP contribution in [-0.4, -0.2) is 39.9 Å². The molecule has 0 bridgehead atoms. The minimum absolute atomic E-state index is 0.129. The number of benzene rings is 1. The Kier molecular flexibility index (Phi) is 6.23. The van der Waals surface area contributed by atoms with Gasteiger partial charge in [0, 0.05) is 22.8 Å². The molecule has 0 spiro atoms. The molecule has 3 heterocycles. The van der Waals surface area contributed by atoms with Gasteiger partial charge in [0.05, 0.1) is 27.2 Å². The Morgan fingerprint density at radius 1 is 1.13 bits per heavy atom. The third kappa shape index (κ3) is 4.72. The number of ether oxygens (including phenoxy) is 2. The van der Waals surface area contributed by atoms with Crippen molar-refractivity contribution in [2.45, 2.75) is 13.0 Å². The van der Waals surface area contributed by atoms with Crippen LogP contribution in [0.3, 0.4) is 0 Å². The molecule has 0 unspecified atom stereocenters. The number of carbonyl (C=O) groups is 1. The minimum atomic E-state index is -0.219. The first-order valence-electron chi connectivity index (χ1n) is 9.55. The van der Waals surface area contributed by atoms with Gasteiger partial charge < -0.3 is 14.8 Å². The van der Waals surface area contributed by atoms with Gasteiger partial charge in [0.15, 0.2) is 17.3 Å². The van der Waals surface area contributed by atoms with Crippen LogP contribution in [0.15, 0.2) is 60.2 Å². The largest absolute Gasteiger partial charge is 0.493 e. The summed E-state index contributed by atoms with van der Waals surface area (Å²) in [7, 11) is 3.14. The lowest BCUT2D eigenvalue weighted by atomic mass is 10.1. The molecule has 158 valence electrons. The molecule has 1 N–H and O–H groups in total. The molecule has 3 aromatic heterocycles. The Hall–Kier alpha value is -3.72. The predicted molar refractivity (Wildman–Crippen MR) is 119 cm³/mol. The maximum Gasteiger partial charge on any atom is 0.254 e. The fourth-order valence-electron chi connectivity index (χ4n) is 3.04. The van der Waals surface area contributed by atoms with Gasteiger partial charge in [-0.05, 0) is 41.3 Å². The molecule has 0 fully saturated rings. The number of carbonyl (C=O) groups excluding carboxylic acids is 1. The Morgan fingerprint density at radius 2 is 2.00 bits per heavy atom. The van der Waals surface area contributed by atoms with Gasteiger partial charge in [-0.3, -0.25) is 9.78 Å². The summed E-state index contributed by atoms with van der Waals surface area (Å²) in [6.07, 6.45) is 3.48. The molecule has 31 heavy (non-hydrogen) atoms. The monoisotopic (exact) mass is 435 g/mol. The van der Waals surface area contributed by atoms with Gasteiger partial charge in [-0.15, -0.1) is 16.4 Å². The molecular weight excluding hydrogens is 414 g/mol. The first kappa shape index (κ1) is 20.5. The Labute approximate surface area is 183 Å². The van der Waals surface area contributed by atoms with Gasteiger partial charge in [0.2, 0.25) is 5.95 Å². The smallest absolute Gasteiger partial charge is 0.254 e. The number of anilines is 1. The first-order valence-corrected chi connectivity index (χ1v) is 10.4. The Balaban J connectivity index is 1.61. The summed E-state index contributed by atoms with van der Waals surface area (Å²) in [4.78, 5) is 22.9. The zero-order valence-corrected chi connectivity index (χ0v) is 17.9. The van der Waals surface area contributed by atoms with Crippen LogP contribution in [0.4, 0.5) is 5.95 Å². The summed E-state index contributed by atoms with van der Waals surface area (Å²) in [6, 6.07) is 13.1. The van der Waals surface area contributed by atoms with Crippen molar-refractivity contribution in [3.8, 4) is 22.9 Å². The number of hydrogen-bond acceptors (Lipinski definition) is 8. The third-order valence-corrected chi connectivity index (χ3v) is 5.44. The summed E-state index contributed by atoms with van der Waals surface area (Å²) in [6.45, 7) is 0.548. The fourth-order valence-corrected chi connectivity index (χ4v) is 3.68. The molecule has 0 saturated carbocycles. The Morgan fingerprint density at radius 3 is 2.71 bits per heavy atom. The van der Waals surface area contributed by atoms with Crippen molar-refractivity contribution in [3.63, 3.8) is 0 Å². The first-order chi connectivity index (χ1) is 15.2. The molecule has 0 aliphatic heterocycles. The molecule has 0 saturated heterocycles. The van der Waals surface area contributed by atoms with E-state index in [4.69, 9.17) is 9.47 Å². The highest BCUT2D eigenvalue weighted by Gasteiger charge is 2.18.